The van der Waals surface area contributed by atoms with Crippen LogP contribution in [0.25, 0.3) is 0 Å². The van der Waals surface area contributed by atoms with Gasteiger partial charge in [0.2, 0.25) is 0 Å². The lowest BCUT2D eigenvalue weighted by Gasteiger charge is -2.26. The summed E-state index contributed by atoms with van der Waals surface area (Å²) >= 11 is 0. The quantitative estimate of drug-likeness (QED) is 0.618. The largest absolute Gasteiger partial charge is 0.393 e. The Morgan fingerprint density at radius 1 is 1.25 bits per heavy atom. The fourth-order valence-electron chi connectivity index (χ4n) is 3.44. The molecule has 134 valence electrons. The maximum Gasteiger partial charge on any atom is 0.314 e. The number of rotatable bonds is 7. The highest BCUT2D eigenvalue weighted by atomic mass is 16.3. The topological polar surface area (TPSA) is 81.6 Å². The average Bonchev–Trinajstić information content (AvgIpc) is 2.57. The Morgan fingerprint density at radius 3 is 2.67 bits per heavy atom. The van der Waals surface area contributed by atoms with Gasteiger partial charge >= 0.3 is 6.03 Å². The number of aliphatic hydroxyl groups excluding tert-OH is 2. The lowest BCUT2D eigenvalue weighted by atomic mass is 9.87. The zero-order valence-corrected chi connectivity index (χ0v) is 14.4. The minimum atomic E-state index is -0.413. The molecule has 0 aliphatic heterocycles. The van der Waals surface area contributed by atoms with E-state index in [-0.39, 0.29) is 18.1 Å². The molecule has 4 N–H and O–H groups in total. The van der Waals surface area contributed by atoms with Crippen LogP contribution in [-0.4, -0.2) is 41.5 Å². The first-order valence-corrected chi connectivity index (χ1v) is 8.97. The van der Waals surface area contributed by atoms with Crippen molar-refractivity contribution in [2.45, 2.75) is 57.2 Å². The second kappa shape index (κ2) is 9.64. The van der Waals surface area contributed by atoms with E-state index < -0.39 is 6.10 Å². The van der Waals surface area contributed by atoms with Crippen LogP contribution in [0.5, 0.6) is 0 Å². The molecule has 1 saturated carbocycles. The first-order chi connectivity index (χ1) is 11.5. The molecule has 2 amide bonds. The highest BCUT2D eigenvalue weighted by molar-refractivity contribution is 5.73. The molecule has 0 heterocycles. The van der Waals surface area contributed by atoms with E-state index in [4.69, 9.17) is 0 Å². The molecular weight excluding hydrogens is 304 g/mol. The van der Waals surface area contributed by atoms with E-state index in [2.05, 4.69) is 10.6 Å². The van der Waals surface area contributed by atoms with Crippen LogP contribution in [0.3, 0.4) is 0 Å². The Kier molecular flexibility index (Phi) is 7.53. The summed E-state index contributed by atoms with van der Waals surface area (Å²) in [7, 11) is 0. The third-order valence-electron chi connectivity index (χ3n) is 4.71. The van der Waals surface area contributed by atoms with Gasteiger partial charge in [0.15, 0.2) is 0 Å². The molecule has 5 nitrogen and oxygen atoms in total. The second-order valence-corrected chi connectivity index (χ2v) is 6.97. The van der Waals surface area contributed by atoms with Crippen LogP contribution in [0, 0.1) is 5.92 Å². The SMILES string of the molecule is CC(O)CC(CNC(=O)NCC1CCCC(O)C1)c1ccccc1. The van der Waals surface area contributed by atoms with Crippen LogP contribution in [0.15, 0.2) is 30.3 Å². The first-order valence-electron chi connectivity index (χ1n) is 8.97. The van der Waals surface area contributed by atoms with Crippen molar-refractivity contribution in [3.8, 4) is 0 Å². The Bertz CT molecular complexity index is 493. The standard InChI is InChI=1S/C19H30N2O3/c1-14(22)10-17(16-7-3-2-4-8-16)13-21-19(24)20-12-15-6-5-9-18(23)11-15/h2-4,7-8,14-15,17-18,22-23H,5-6,9-13H2,1H3,(H2,20,21,24). The van der Waals surface area contributed by atoms with E-state index >= 15 is 0 Å². The van der Waals surface area contributed by atoms with E-state index in [0.29, 0.717) is 25.4 Å². The monoisotopic (exact) mass is 334 g/mol. The van der Waals surface area contributed by atoms with E-state index in [1.807, 2.05) is 30.3 Å². The molecule has 2 rings (SSSR count). The first kappa shape index (κ1) is 18.7. The summed E-state index contributed by atoms with van der Waals surface area (Å²) in [5.41, 5.74) is 1.12. The highest BCUT2D eigenvalue weighted by Crippen LogP contribution is 2.23. The van der Waals surface area contributed by atoms with Gasteiger partial charge in [0.25, 0.3) is 0 Å². The Balaban J connectivity index is 1.77. The third kappa shape index (κ3) is 6.49. The van der Waals surface area contributed by atoms with Gasteiger partial charge in [-0.15, -0.1) is 0 Å². The number of benzene rings is 1. The molecule has 0 spiro atoms. The van der Waals surface area contributed by atoms with Crippen LogP contribution in [0.2, 0.25) is 0 Å². The van der Waals surface area contributed by atoms with E-state index in [9.17, 15) is 15.0 Å². The normalized spacial score (nSPS) is 23.3. The fourth-order valence-corrected chi connectivity index (χ4v) is 3.44. The van der Waals surface area contributed by atoms with Crippen molar-refractivity contribution in [2.24, 2.45) is 5.92 Å². The molecule has 1 aromatic rings. The molecule has 0 bridgehead atoms. The van der Waals surface area contributed by atoms with Crippen molar-refractivity contribution in [1.29, 1.82) is 0 Å². The summed E-state index contributed by atoms with van der Waals surface area (Å²) in [4.78, 5) is 12.0. The van der Waals surface area contributed by atoms with Gasteiger partial charge in [-0.25, -0.2) is 4.79 Å². The molecule has 4 unspecified atom stereocenters. The highest BCUT2D eigenvalue weighted by Gasteiger charge is 2.21. The van der Waals surface area contributed by atoms with Gasteiger partial charge in [-0.05, 0) is 44.1 Å². The summed E-state index contributed by atoms with van der Waals surface area (Å²) in [6.07, 6.45) is 3.71. The lowest BCUT2D eigenvalue weighted by molar-refractivity contribution is 0.101. The predicted octanol–water partition coefficient (Wildman–Crippen LogP) is 2.39. The molecule has 1 aliphatic rings. The summed E-state index contributed by atoms with van der Waals surface area (Å²) in [5.74, 6) is 0.454. The van der Waals surface area contributed by atoms with Gasteiger partial charge in [0, 0.05) is 19.0 Å². The van der Waals surface area contributed by atoms with Crippen LogP contribution < -0.4 is 10.6 Å². The van der Waals surface area contributed by atoms with Crippen molar-refractivity contribution >= 4 is 6.03 Å². The number of urea groups is 1. The van der Waals surface area contributed by atoms with Crippen molar-refractivity contribution in [1.82, 2.24) is 10.6 Å². The smallest absolute Gasteiger partial charge is 0.314 e. The maximum atomic E-state index is 12.0. The van der Waals surface area contributed by atoms with Gasteiger partial charge in [-0.2, -0.15) is 0 Å². The molecule has 1 aromatic carbocycles. The molecular formula is C19H30N2O3. The Morgan fingerprint density at radius 2 is 2.00 bits per heavy atom. The number of aliphatic hydroxyl groups is 2. The number of carbonyl (C=O) groups excluding carboxylic acids is 1. The van der Waals surface area contributed by atoms with Crippen molar-refractivity contribution in [3.63, 3.8) is 0 Å². The van der Waals surface area contributed by atoms with Crippen molar-refractivity contribution in [3.05, 3.63) is 35.9 Å². The molecule has 4 atom stereocenters. The fraction of sp³-hybridized carbons (Fsp3) is 0.632. The van der Waals surface area contributed by atoms with Gasteiger partial charge in [-0.3, -0.25) is 0 Å². The van der Waals surface area contributed by atoms with Crippen LogP contribution >= 0.6 is 0 Å². The molecule has 1 aliphatic carbocycles. The van der Waals surface area contributed by atoms with Gasteiger partial charge in [0.05, 0.1) is 12.2 Å². The summed E-state index contributed by atoms with van der Waals surface area (Å²) in [6.45, 7) is 2.87. The predicted molar refractivity (Wildman–Crippen MR) is 94.8 cm³/mol. The number of hydrogen-bond acceptors (Lipinski definition) is 3. The van der Waals surface area contributed by atoms with Crippen LogP contribution in [-0.2, 0) is 0 Å². The van der Waals surface area contributed by atoms with E-state index in [0.717, 1.165) is 31.2 Å². The van der Waals surface area contributed by atoms with Gasteiger partial charge < -0.3 is 20.8 Å². The van der Waals surface area contributed by atoms with Crippen molar-refractivity contribution in [2.75, 3.05) is 13.1 Å². The lowest BCUT2D eigenvalue weighted by Crippen LogP contribution is -2.41. The van der Waals surface area contributed by atoms with Gasteiger partial charge in [0.1, 0.15) is 0 Å². The number of amides is 2. The number of nitrogens with one attached hydrogen (secondary N) is 2. The number of carbonyl (C=O) groups is 1. The zero-order valence-electron chi connectivity index (χ0n) is 14.4. The van der Waals surface area contributed by atoms with E-state index in [1.54, 1.807) is 6.92 Å². The molecule has 0 radical (unpaired) electrons. The van der Waals surface area contributed by atoms with Crippen LogP contribution in [0.4, 0.5) is 4.79 Å². The molecule has 5 heteroatoms. The van der Waals surface area contributed by atoms with E-state index in [1.165, 1.54) is 0 Å². The van der Waals surface area contributed by atoms with Crippen LogP contribution in [0.1, 0.15) is 50.5 Å². The summed E-state index contributed by atoms with van der Waals surface area (Å²) in [5, 5.41) is 25.2. The third-order valence-corrected chi connectivity index (χ3v) is 4.71. The molecule has 0 aromatic heterocycles. The molecule has 24 heavy (non-hydrogen) atoms. The number of hydrogen-bond donors (Lipinski definition) is 4. The Hall–Kier alpha value is -1.59. The average molecular weight is 334 g/mol. The minimum Gasteiger partial charge on any atom is -0.393 e. The second-order valence-electron chi connectivity index (χ2n) is 6.97. The summed E-state index contributed by atoms with van der Waals surface area (Å²) in [6, 6.07) is 9.77. The molecule has 1 fully saturated rings. The summed E-state index contributed by atoms with van der Waals surface area (Å²) < 4.78 is 0. The molecule has 0 saturated heterocycles. The van der Waals surface area contributed by atoms with Gasteiger partial charge in [-0.1, -0.05) is 36.8 Å². The van der Waals surface area contributed by atoms with Crippen molar-refractivity contribution < 1.29 is 15.0 Å². The minimum absolute atomic E-state index is 0.0912. The zero-order chi connectivity index (χ0) is 17.4. The maximum absolute atomic E-state index is 12.0. The Labute approximate surface area is 144 Å².